The van der Waals surface area contributed by atoms with Crippen LogP contribution in [-0.4, -0.2) is 35.0 Å². The third kappa shape index (κ3) is 4.43. The van der Waals surface area contributed by atoms with Crippen molar-refractivity contribution in [3.8, 4) is 0 Å². The lowest BCUT2D eigenvalue weighted by Gasteiger charge is -2.32. The van der Waals surface area contributed by atoms with Crippen LogP contribution < -0.4 is 5.32 Å². The highest BCUT2D eigenvalue weighted by molar-refractivity contribution is 5.82. The van der Waals surface area contributed by atoms with Crippen molar-refractivity contribution in [3.05, 3.63) is 71.8 Å². The first-order chi connectivity index (χ1) is 11.7. The van der Waals surface area contributed by atoms with Crippen LogP contribution in [0.15, 0.2) is 60.7 Å². The number of carbonyl (C=O) groups excluding carboxylic acids is 1. The Morgan fingerprint density at radius 3 is 2.25 bits per heavy atom. The van der Waals surface area contributed by atoms with E-state index in [0.29, 0.717) is 5.56 Å². The highest BCUT2D eigenvalue weighted by Crippen LogP contribution is 2.16. The minimum absolute atomic E-state index is 0.142. The molecule has 2 N–H and O–H groups in total. The summed E-state index contributed by atoms with van der Waals surface area (Å²) in [6.07, 6.45) is 0.744. The molecule has 1 saturated heterocycles. The molecular weight excluding hydrogens is 300 g/mol. The lowest BCUT2D eigenvalue weighted by atomic mass is 10.0. The normalized spacial score (nSPS) is 17.4. The zero-order chi connectivity index (χ0) is 16.8. The van der Waals surface area contributed by atoms with E-state index in [0.717, 1.165) is 32.5 Å². The monoisotopic (exact) mass is 324 g/mol. The minimum atomic E-state index is -1.09. The predicted octanol–water partition coefficient (Wildman–Crippen LogP) is 2.50. The van der Waals surface area contributed by atoms with Crippen LogP contribution in [0.3, 0.4) is 0 Å². The van der Waals surface area contributed by atoms with E-state index in [1.807, 2.05) is 24.3 Å². The van der Waals surface area contributed by atoms with Gasteiger partial charge in [-0.1, -0.05) is 60.7 Å². The second-order valence-electron chi connectivity index (χ2n) is 6.36. The van der Waals surface area contributed by atoms with Gasteiger partial charge >= 0.3 is 0 Å². The molecule has 1 amide bonds. The molecule has 0 aliphatic carbocycles. The number of amides is 1. The van der Waals surface area contributed by atoms with E-state index in [1.165, 1.54) is 5.56 Å². The first-order valence-corrected chi connectivity index (χ1v) is 8.52. The molecule has 0 bridgehead atoms. The molecule has 1 atom stereocenters. The van der Waals surface area contributed by atoms with Crippen molar-refractivity contribution in [3.63, 3.8) is 0 Å². The number of likely N-dealkylation sites (tertiary alicyclic amines) is 1. The maximum Gasteiger partial charge on any atom is 0.253 e. The summed E-state index contributed by atoms with van der Waals surface area (Å²) in [5, 5.41) is 13.1. The van der Waals surface area contributed by atoms with Gasteiger partial charge in [-0.15, -0.1) is 0 Å². The van der Waals surface area contributed by atoms with Crippen molar-refractivity contribution in [2.24, 2.45) is 0 Å². The Balaban J connectivity index is 1.46. The summed E-state index contributed by atoms with van der Waals surface area (Å²) in [6, 6.07) is 19.7. The molecule has 24 heavy (non-hydrogen) atoms. The van der Waals surface area contributed by atoms with Crippen molar-refractivity contribution in [2.45, 2.75) is 31.5 Å². The smallest absolute Gasteiger partial charge is 0.253 e. The van der Waals surface area contributed by atoms with Crippen molar-refractivity contribution in [1.82, 2.24) is 10.2 Å². The van der Waals surface area contributed by atoms with Gasteiger partial charge in [-0.2, -0.15) is 0 Å². The Morgan fingerprint density at radius 2 is 1.62 bits per heavy atom. The van der Waals surface area contributed by atoms with Crippen molar-refractivity contribution < 1.29 is 9.90 Å². The molecule has 1 aliphatic heterocycles. The highest BCUT2D eigenvalue weighted by atomic mass is 16.3. The van der Waals surface area contributed by atoms with Crippen LogP contribution >= 0.6 is 0 Å². The average molecular weight is 324 g/mol. The fourth-order valence-electron chi connectivity index (χ4n) is 3.14. The number of nitrogens with zero attached hydrogens (tertiary/aromatic N) is 1. The predicted molar refractivity (Wildman–Crippen MR) is 94.3 cm³/mol. The molecule has 2 aromatic carbocycles. The van der Waals surface area contributed by atoms with Crippen LogP contribution in [0.1, 0.15) is 30.1 Å². The summed E-state index contributed by atoms with van der Waals surface area (Å²) >= 11 is 0. The summed E-state index contributed by atoms with van der Waals surface area (Å²) in [5.41, 5.74) is 1.95. The molecule has 2 aromatic rings. The molecular formula is C20H24N2O2. The van der Waals surface area contributed by atoms with Gasteiger partial charge in [0.15, 0.2) is 6.10 Å². The van der Waals surface area contributed by atoms with Crippen LogP contribution in [0, 0.1) is 0 Å². The average Bonchev–Trinajstić information content (AvgIpc) is 2.64. The molecule has 4 heteroatoms. The van der Waals surface area contributed by atoms with Gasteiger partial charge in [-0.05, 0) is 24.0 Å². The zero-order valence-corrected chi connectivity index (χ0v) is 13.8. The van der Waals surface area contributed by atoms with Crippen molar-refractivity contribution in [2.75, 3.05) is 13.1 Å². The SMILES string of the molecule is O=C(NC1CCN(Cc2ccccc2)CC1)[C@@H](O)c1ccccc1. The molecule has 0 radical (unpaired) electrons. The van der Waals surface area contributed by atoms with E-state index in [-0.39, 0.29) is 11.9 Å². The lowest BCUT2D eigenvalue weighted by Crippen LogP contribution is -2.45. The minimum Gasteiger partial charge on any atom is -0.378 e. The summed E-state index contributed by atoms with van der Waals surface area (Å²) in [4.78, 5) is 14.6. The van der Waals surface area contributed by atoms with E-state index < -0.39 is 6.10 Å². The van der Waals surface area contributed by atoms with E-state index in [1.54, 1.807) is 12.1 Å². The van der Waals surface area contributed by atoms with Crippen LogP contribution in [0.5, 0.6) is 0 Å². The topological polar surface area (TPSA) is 52.6 Å². The number of rotatable bonds is 5. The summed E-state index contributed by atoms with van der Waals surface area (Å²) in [7, 11) is 0. The molecule has 1 aliphatic rings. The van der Waals surface area contributed by atoms with Crippen molar-refractivity contribution >= 4 is 5.91 Å². The molecule has 0 unspecified atom stereocenters. The third-order valence-electron chi connectivity index (χ3n) is 4.55. The van der Waals surface area contributed by atoms with E-state index in [2.05, 4.69) is 34.5 Å². The van der Waals surface area contributed by atoms with Gasteiger partial charge in [0, 0.05) is 25.7 Å². The Morgan fingerprint density at radius 1 is 1.04 bits per heavy atom. The Labute approximate surface area is 143 Å². The van der Waals surface area contributed by atoms with Crippen LogP contribution in [-0.2, 0) is 11.3 Å². The number of hydrogen-bond acceptors (Lipinski definition) is 3. The first-order valence-electron chi connectivity index (χ1n) is 8.52. The molecule has 126 valence electrons. The summed E-state index contributed by atoms with van der Waals surface area (Å²) < 4.78 is 0. The van der Waals surface area contributed by atoms with Gasteiger partial charge < -0.3 is 10.4 Å². The number of hydrogen-bond donors (Lipinski definition) is 2. The molecule has 0 spiro atoms. The van der Waals surface area contributed by atoms with Gasteiger partial charge in [0.1, 0.15) is 0 Å². The molecule has 1 heterocycles. The van der Waals surface area contributed by atoms with Crippen molar-refractivity contribution in [1.29, 1.82) is 0 Å². The molecule has 1 fully saturated rings. The number of aliphatic hydroxyl groups excluding tert-OH is 1. The number of piperidine rings is 1. The number of aliphatic hydroxyl groups is 1. The zero-order valence-electron chi connectivity index (χ0n) is 13.8. The number of nitrogens with one attached hydrogen (secondary N) is 1. The standard InChI is InChI=1S/C20H24N2O2/c23-19(17-9-5-2-6-10-17)20(24)21-18-11-13-22(14-12-18)15-16-7-3-1-4-8-16/h1-10,18-19,23H,11-15H2,(H,21,24)/t19-/m0/s1. The molecule has 4 nitrogen and oxygen atoms in total. The van der Waals surface area contributed by atoms with E-state index in [9.17, 15) is 9.90 Å². The number of benzene rings is 2. The molecule has 0 saturated carbocycles. The van der Waals surface area contributed by atoms with Gasteiger partial charge in [0.05, 0.1) is 0 Å². The van der Waals surface area contributed by atoms with Gasteiger partial charge in [-0.3, -0.25) is 9.69 Å². The second kappa shape index (κ2) is 8.08. The lowest BCUT2D eigenvalue weighted by molar-refractivity contribution is -0.130. The van der Waals surface area contributed by atoms with E-state index >= 15 is 0 Å². The fraction of sp³-hybridized carbons (Fsp3) is 0.350. The van der Waals surface area contributed by atoms with E-state index in [4.69, 9.17) is 0 Å². The first kappa shape index (κ1) is 16.7. The van der Waals surface area contributed by atoms with Crippen LogP contribution in [0.25, 0.3) is 0 Å². The Kier molecular flexibility index (Phi) is 5.62. The second-order valence-corrected chi connectivity index (χ2v) is 6.36. The largest absolute Gasteiger partial charge is 0.378 e. The maximum atomic E-state index is 12.2. The third-order valence-corrected chi connectivity index (χ3v) is 4.55. The quantitative estimate of drug-likeness (QED) is 0.888. The molecule has 3 rings (SSSR count). The van der Waals surface area contributed by atoms with Gasteiger partial charge in [0.2, 0.25) is 0 Å². The Hall–Kier alpha value is -2.17. The van der Waals surface area contributed by atoms with Crippen LogP contribution in [0.2, 0.25) is 0 Å². The highest BCUT2D eigenvalue weighted by Gasteiger charge is 2.24. The van der Waals surface area contributed by atoms with Gasteiger partial charge in [-0.25, -0.2) is 0 Å². The number of carbonyl (C=O) groups is 1. The van der Waals surface area contributed by atoms with Crippen LogP contribution in [0.4, 0.5) is 0 Å². The molecule has 0 aromatic heterocycles. The summed E-state index contributed by atoms with van der Waals surface area (Å²) in [5.74, 6) is -0.303. The maximum absolute atomic E-state index is 12.2. The van der Waals surface area contributed by atoms with Gasteiger partial charge in [0.25, 0.3) is 5.91 Å². The summed E-state index contributed by atoms with van der Waals surface area (Å²) in [6.45, 7) is 2.87. The Bertz CT molecular complexity index is 637. The fourth-order valence-corrected chi connectivity index (χ4v) is 3.14.